The second-order valence-electron chi connectivity index (χ2n) is 21.7. The number of amides is 6. The number of fused-ring (bicyclic) bond motifs is 3. The predicted molar refractivity (Wildman–Crippen MR) is 260 cm³/mol. The molecule has 3 fully saturated rings. The lowest BCUT2D eigenvalue weighted by molar-refractivity contribution is -0.144. The lowest BCUT2D eigenvalue weighted by Crippen LogP contribution is -2.52. The van der Waals surface area contributed by atoms with Crippen molar-refractivity contribution >= 4 is 65.1 Å². The van der Waals surface area contributed by atoms with Crippen molar-refractivity contribution in [1.82, 2.24) is 20.9 Å². The molecule has 6 amide bonds. The number of rotatable bonds is 7. The van der Waals surface area contributed by atoms with Crippen LogP contribution in [0.3, 0.4) is 0 Å². The van der Waals surface area contributed by atoms with Crippen molar-refractivity contribution in [2.75, 3.05) is 23.7 Å². The van der Waals surface area contributed by atoms with Crippen LogP contribution in [0.5, 0.6) is 0 Å². The first-order valence-corrected chi connectivity index (χ1v) is 23.2. The highest BCUT2D eigenvalue weighted by molar-refractivity contribution is 6.01. The van der Waals surface area contributed by atoms with E-state index in [0.717, 1.165) is 11.1 Å². The maximum Gasteiger partial charge on any atom is 0.437 e. The van der Waals surface area contributed by atoms with Crippen molar-refractivity contribution in [3.05, 3.63) is 65.5 Å². The van der Waals surface area contributed by atoms with E-state index in [-0.39, 0.29) is 41.5 Å². The number of benzene rings is 2. The van der Waals surface area contributed by atoms with Crippen LogP contribution < -0.4 is 26.6 Å². The van der Waals surface area contributed by atoms with E-state index >= 15 is 4.39 Å². The van der Waals surface area contributed by atoms with Crippen molar-refractivity contribution < 1.29 is 52.1 Å². The summed E-state index contributed by atoms with van der Waals surface area (Å²) in [6.07, 6.45) is 2.22. The van der Waals surface area contributed by atoms with E-state index < -0.39 is 63.4 Å². The second kappa shape index (κ2) is 21.0. The molecule has 0 spiro atoms. The Balaban J connectivity index is 1.15. The van der Waals surface area contributed by atoms with Gasteiger partial charge in [0.2, 0.25) is 23.7 Å². The molecule has 0 saturated heterocycles. The molecule has 4 aliphatic rings. The van der Waals surface area contributed by atoms with Gasteiger partial charge in [-0.15, -0.1) is 9.98 Å². The van der Waals surface area contributed by atoms with Crippen LogP contribution in [-0.4, -0.2) is 88.5 Å². The summed E-state index contributed by atoms with van der Waals surface area (Å²) in [6.45, 7) is 21.0. The number of halogens is 1. The number of aliphatic imine (C=N–C) groups is 2. The Bertz CT molecular complexity index is 2340. The molecule has 0 radical (unpaired) electrons. The SMILES string of the molecule is CC(C)(C)OC(=O)/N=C(\NCc1ccc(NC(=O)C23CCC(C(=O)Nc4ccc(C5=CCN(/C(=N/C(=O)OC(C)(C)C)NC(=O)OC(C)(C)C)CC5)cc4)(CC2)CC3)cc1F)NC(=O)OC(C)(C)C. The highest BCUT2D eigenvalue weighted by Crippen LogP contribution is 2.57. The zero-order valence-corrected chi connectivity index (χ0v) is 42.0. The number of carbonyl (C=O) groups is 6. The highest BCUT2D eigenvalue weighted by atomic mass is 19.1. The zero-order valence-electron chi connectivity index (χ0n) is 42.0. The first kappa shape index (κ1) is 53.4. The van der Waals surface area contributed by atoms with E-state index in [9.17, 15) is 28.8 Å². The molecule has 2 bridgehead atoms. The first-order chi connectivity index (χ1) is 31.9. The van der Waals surface area contributed by atoms with Gasteiger partial charge in [0.05, 0.1) is 0 Å². The number of ether oxygens (including phenoxy) is 4. The Morgan fingerprint density at radius 2 is 1.09 bits per heavy atom. The largest absolute Gasteiger partial charge is 0.444 e. The summed E-state index contributed by atoms with van der Waals surface area (Å²) in [7, 11) is 0. The van der Waals surface area contributed by atoms with Gasteiger partial charge in [-0.2, -0.15) is 0 Å². The van der Waals surface area contributed by atoms with Crippen LogP contribution in [0, 0.1) is 16.6 Å². The molecule has 5 N–H and O–H groups in total. The van der Waals surface area contributed by atoms with Gasteiger partial charge in [0.25, 0.3) is 0 Å². The first-order valence-electron chi connectivity index (χ1n) is 23.2. The topological polar surface area (TPSA) is 227 Å². The molecule has 376 valence electrons. The number of nitrogens with one attached hydrogen (secondary N) is 5. The highest BCUT2D eigenvalue weighted by Gasteiger charge is 2.55. The van der Waals surface area contributed by atoms with E-state index in [1.54, 1.807) is 94.1 Å². The quantitative estimate of drug-likeness (QED) is 0.0993. The number of guanidine groups is 2. The zero-order chi connectivity index (χ0) is 51.2. The Kier molecular flexibility index (Phi) is 16.3. The maximum atomic E-state index is 15.5. The van der Waals surface area contributed by atoms with E-state index in [2.05, 4.69) is 36.6 Å². The van der Waals surface area contributed by atoms with E-state index in [4.69, 9.17) is 18.9 Å². The average molecular weight is 961 g/mol. The molecule has 6 rings (SSSR count). The van der Waals surface area contributed by atoms with Gasteiger partial charge in [-0.1, -0.05) is 24.3 Å². The summed E-state index contributed by atoms with van der Waals surface area (Å²) in [4.78, 5) is 87.5. The van der Waals surface area contributed by atoms with Gasteiger partial charge >= 0.3 is 24.4 Å². The lowest BCUT2D eigenvalue weighted by Gasteiger charge is -2.51. The maximum absolute atomic E-state index is 15.5. The molecule has 1 aliphatic heterocycles. The van der Waals surface area contributed by atoms with Crippen LogP contribution >= 0.6 is 0 Å². The van der Waals surface area contributed by atoms with Gasteiger partial charge in [-0.25, -0.2) is 23.6 Å². The predicted octanol–water partition coefficient (Wildman–Crippen LogP) is 9.55. The summed E-state index contributed by atoms with van der Waals surface area (Å²) < 4.78 is 36.7. The molecule has 3 saturated carbocycles. The summed E-state index contributed by atoms with van der Waals surface area (Å²) in [5.74, 6) is -1.23. The molecule has 69 heavy (non-hydrogen) atoms. The fourth-order valence-corrected chi connectivity index (χ4v) is 8.06. The molecule has 3 aliphatic carbocycles. The number of hydrogen-bond donors (Lipinski definition) is 5. The average Bonchev–Trinajstić information content (AvgIpc) is 3.21. The van der Waals surface area contributed by atoms with Crippen molar-refractivity contribution in [1.29, 1.82) is 0 Å². The van der Waals surface area contributed by atoms with Crippen molar-refractivity contribution in [2.45, 2.75) is 157 Å². The smallest absolute Gasteiger partial charge is 0.437 e. The van der Waals surface area contributed by atoms with Gasteiger partial charge in [-0.05, 0) is 163 Å². The normalized spacial score (nSPS) is 19.9. The molecule has 0 aromatic heterocycles. The van der Waals surface area contributed by atoms with Crippen LogP contribution in [0.2, 0.25) is 0 Å². The molecule has 2 aromatic carbocycles. The molecule has 19 heteroatoms. The monoisotopic (exact) mass is 961 g/mol. The Hall–Kier alpha value is -6.53. The Morgan fingerprint density at radius 1 is 0.623 bits per heavy atom. The van der Waals surface area contributed by atoms with Crippen LogP contribution in [0.15, 0.2) is 58.5 Å². The van der Waals surface area contributed by atoms with E-state index in [1.165, 1.54) is 12.1 Å². The summed E-state index contributed by atoms with van der Waals surface area (Å²) in [5, 5.41) is 13.7. The van der Waals surface area contributed by atoms with Crippen molar-refractivity contribution in [3.63, 3.8) is 0 Å². The van der Waals surface area contributed by atoms with Crippen molar-refractivity contribution in [2.24, 2.45) is 20.8 Å². The van der Waals surface area contributed by atoms with Crippen LogP contribution in [0.25, 0.3) is 5.57 Å². The molecule has 0 atom stereocenters. The van der Waals surface area contributed by atoms with E-state index in [0.29, 0.717) is 63.7 Å². The van der Waals surface area contributed by atoms with Crippen LogP contribution in [-0.2, 0) is 35.1 Å². The summed E-state index contributed by atoms with van der Waals surface area (Å²) >= 11 is 0. The number of alkyl carbamates (subject to hydrolysis) is 2. The summed E-state index contributed by atoms with van der Waals surface area (Å²) in [6, 6.07) is 11.9. The fourth-order valence-electron chi connectivity index (χ4n) is 8.06. The third-order valence-electron chi connectivity index (χ3n) is 11.4. The summed E-state index contributed by atoms with van der Waals surface area (Å²) in [5.41, 5.74) is -1.44. The number of anilines is 2. The number of nitrogens with zero attached hydrogens (tertiary/aromatic N) is 3. The minimum atomic E-state index is -0.976. The van der Waals surface area contributed by atoms with E-state index in [1.807, 2.05) is 30.3 Å². The Morgan fingerprint density at radius 3 is 1.55 bits per heavy atom. The van der Waals surface area contributed by atoms with Gasteiger partial charge in [0.15, 0.2) is 0 Å². The molecule has 1 heterocycles. The van der Waals surface area contributed by atoms with Crippen molar-refractivity contribution in [3.8, 4) is 0 Å². The van der Waals surface area contributed by atoms with Gasteiger partial charge < -0.3 is 39.8 Å². The van der Waals surface area contributed by atoms with Crippen LogP contribution in [0.4, 0.5) is 34.9 Å². The second-order valence-corrected chi connectivity index (χ2v) is 21.7. The van der Waals surface area contributed by atoms with Gasteiger partial charge in [0, 0.05) is 47.4 Å². The molecule has 18 nitrogen and oxygen atoms in total. The molecule has 2 aromatic rings. The molecular weight excluding hydrogens is 892 g/mol. The third kappa shape index (κ3) is 16.0. The molecular formula is C50H69FN8O10. The Labute approximate surface area is 404 Å². The fraction of sp³-hybridized carbons (Fsp3) is 0.560. The minimum absolute atomic E-state index is 0.0270. The molecule has 0 unspecified atom stereocenters. The number of carbonyl (C=O) groups excluding carboxylic acids is 6. The lowest BCUT2D eigenvalue weighted by atomic mass is 9.53. The third-order valence-corrected chi connectivity index (χ3v) is 11.4. The van der Waals surface area contributed by atoms with Crippen LogP contribution in [0.1, 0.15) is 139 Å². The minimum Gasteiger partial charge on any atom is -0.444 e. The van der Waals surface area contributed by atoms with Gasteiger partial charge in [-0.3, -0.25) is 20.2 Å². The standard InChI is InChI=1S/C50H69FN8O10/c1-45(2,3)66-41(62)55-39(56-42(63)67-46(4,5)6)52-30-33-15-18-35(29-36(33)51)54-38(61)50-24-21-49(22-25-50,23-26-50)37(60)53-34-16-13-31(14-17-34)32-19-27-59(28-20-32)40(57-43(64)68-47(7,8)9)58-44(65)69-48(10,11)12/h13-19,29H,20-28,30H2,1-12H3,(H,53,60)(H,54,61)(H,57,58,64,65)(H2,52,55,56,62,63). The van der Waals surface area contributed by atoms with Gasteiger partial charge in [0.1, 0.15) is 28.2 Å². The number of hydrogen-bond acceptors (Lipinski definition) is 10.